The van der Waals surface area contributed by atoms with Crippen molar-refractivity contribution in [3.05, 3.63) is 35.9 Å². The molecule has 0 fully saturated rings. The molecule has 1 atom stereocenters. The number of carboxylic acid groups (broad SMARTS) is 1. The summed E-state index contributed by atoms with van der Waals surface area (Å²) in [6.45, 7) is 4.75. The maximum atomic E-state index is 12.2. The van der Waals surface area contributed by atoms with Gasteiger partial charge in [0.2, 0.25) is 0 Å². The highest BCUT2D eigenvalue weighted by molar-refractivity contribution is 7.87. The normalized spacial score (nSPS) is 15.3. The first-order chi connectivity index (χ1) is 9.11. The van der Waals surface area contributed by atoms with Crippen LogP contribution in [-0.2, 0) is 20.5 Å². The number of nitrogens with one attached hydrogen (secondary N) is 1. The van der Waals surface area contributed by atoms with Crippen LogP contribution in [0.3, 0.4) is 0 Å². The van der Waals surface area contributed by atoms with Crippen LogP contribution in [0.4, 0.5) is 0 Å². The van der Waals surface area contributed by atoms with Crippen molar-refractivity contribution in [2.24, 2.45) is 0 Å². The van der Waals surface area contributed by atoms with E-state index in [4.69, 9.17) is 0 Å². The lowest BCUT2D eigenvalue weighted by Crippen LogP contribution is -2.54. The van der Waals surface area contributed by atoms with Gasteiger partial charge in [-0.1, -0.05) is 30.3 Å². The summed E-state index contributed by atoms with van der Waals surface area (Å²) in [4.78, 5) is 11.5. The maximum Gasteiger partial charge on any atom is 0.329 e. The number of aliphatic carboxylic acids is 1. The quantitative estimate of drug-likeness (QED) is 0.825. The summed E-state index contributed by atoms with van der Waals surface area (Å²) in [5, 5.41) is 9.42. The molecule has 2 N–H and O–H groups in total. The minimum Gasteiger partial charge on any atom is -0.480 e. The fourth-order valence-electron chi connectivity index (χ4n) is 1.61. The number of nitrogens with zero attached hydrogens (tertiary/aromatic N) is 1. The molecule has 6 nitrogen and oxygen atoms in total. The number of hydrogen-bond acceptors (Lipinski definition) is 3. The van der Waals surface area contributed by atoms with Gasteiger partial charge in [0.25, 0.3) is 10.2 Å². The van der Waals surface area contributed by atoms with E-state index in [0.717, 1.165) is 4.31 Å². The van der Waals surface area contributed by atoms with Gasteiger partial charge in [0.15, 0.2) is 5.54 Å². The van der Waals surface area contributed by atoms with Crippen molar-refractivity contribution < 1.29 is 18.3 Å². The van der Waals surface area contributed by atoms with Gasteiger partial charge in [-0.25, -0.2) is 4.79 Å². The molecule has 1 aromatic rings. The van der Waals surface area contributed by atoms with Gasteiger partial charge in [-0.2, -0.15) is 17.4 Å². The average Bonchev–Trinajstić information content (AvgIpc) is 2.37. The van der Waals surface area contributed by atoms with E-state index < -0.39 is 21.7 Å². The SMILES string of the molecule is CC(C)N(C)S(=O)(=O)NC(C)(C(=O)O)c1ccccc1. The number of benzene rings is 1. The first-order valence-electron chi connectivity index (χ1n) is 6.17. The average molecular weight is 300 g/mol. The highest BCUT2D eigenvalue weighted by Crippen LogP contribution is 2.23. The lowest BCUT2D eigenvalue weighted by atomic mass is 9.94. The van der Waals surface area contributed by atoms with Gasteiger partial charge in [0.05, 0.1) is 0 Å². The molecule has 0 saturated heterocycles. The first kappa shape index (κ1) is 16.6. The van der Waals surface area contributed by atoms with Crippen LogP contribution in [-0.4, -0.2) is 36.9 Å². The Labute approximate surface area is 119 Å². The molecule has 0 radical (unpaired) electrons. The largest absolute Gasteiger partial charge is 0.480 e. The van der Waals surface area contributed by atoms with E-state index >= 15 is 0 Å². The Balaban J connectivity index is 3.21. The summed E-state index contributed by atoms with van der Waals surface area (Å²) < 4.78 is 27.8. The minimum atomic E-state index is -3.91. The Morgan fingerprint density at radius 2 is 1.80 bits per heavy atom. The van der Waals surface area contributed by atoms with Gasteiger partial charge in [0, 0.05) is 13.1 Å². The number of carboxylic acids is 1. The third kappa shape index (κ3) is 3.36. The standard InChI is InChI=1S/C13H20N2O4S/c1-10(2)15(4)20(18,19)14-13(3,12(16)17)11-8-6-5-7-9-11/h5-10,14H,1-4H3,(H,16,17). The van der Waals surface area contributed by atoms with Crippen LogP contribution in [0.5, 0.6) is 0 Å². The van der Waals surface area contributed by atoms with Crippen LogP contribution in [0.15, 0.2) is 30.3 Å². The first-order valence-corrected chi connectivity index (χ1v) is 7.61. The van der Waals surface area contributed by atoms with Gasteiger partial charge in [-0.15, -0.1) is 0 Å². The topological polar surface area (TPSA) is 86.7 Å². The smallest absolute Gasteiger partial charge is 0.329 e. The zero-order chi connectivity index (χ0) is 15.6. The molecular weight excluding hydrogens is 280 g/mol. The van der Waals surface area contributed by atoms with E-state index in [-0.39, 0.29) is 6.04 Å². The predicted octanol–water partition coefficient (Wildman–Crippen LogP) is 1.16. The third-order valence-corrected chi connectivity index (χ3v) is 5.06. The Hall–Kier alpha value is -1.44. The van der Waals surface area contributed by atoms with E-state index in [1.165, 1.54) is 14.0 Å². The lowest BCUT2D eigenvalue weighted by Gasteiger charge is -2.30. The van der Waals surface area contributed by atoms with Crippen molar-refractivity contribution >= 4 is 16.2 Å². The summed E-state index contributed by atoms with van der Waals surface area (Å²) in [5.74, 6) is -1.26. The summed E-state index contributed by atoms with van der Waals surface area (Å²) in [6, 6.07) is 7.94. The maximum absolute atomic E-state index is 12.2. The highest BCUT2D eigenvalue weighted by atomic mass is 32.2. The molecule has 7 heteroatoms. The molecular formula is C13H20N2O4S. The van der Waals surface area contributed by atoms with Gasteiger partial charge in [-0.05, 0) is 26.3 Å². The molecule has 1 rings (SSSR count). The predicted molar refractivity (Wildman–Crippen MR) is 76.4 cm³/mol. The summed E-state index contributed by atoms with van der Waals surface area (Å²) in [7, 11) is -2.50. The molecule has 0 bridgehead atoms. The molecule has 0 heterocycles. The molecule has 0 amide bonds. The van der Waals surface area contributed by atoms with Crippen LogP contribution >= 0.6 is 0 Å². The van der Waals surface area contributed by atoms with Gasteiger partial charge in [-0.3, -0.25) is 0 Å². The molecule has 0 saturated carbocycles. The van der Waals surface area contributed by atoms with Gasteiger partial charge < -0.3 is 5.11 Å². The van der Waals surface area contributed by atoms with Crippen molar-refractivity contribution in [3.8, 4) is 0 Å². The summed E-state index contributed by atoms with van der Waals surface area (Å²) in [6.07, 6.45) is 0. The van der Waals surface area contributed by atoms with Crippen molar-refractivity contribution in [1.82, 2.24) is 9.03 Å². The Bertz CT molecular complexity index is 571. The number of hydrogen-bond donors (Lipinski definition) is 2. The fraction of sp³-hybridized carbons (Fsp3) is 0.462. The Kier molecular flexibility index (Phi) is 4.90. The molecule has 112 valence electrons. The van der Waals surface area contributed by atoms with Crippen LogP contribution in [0.1, 0.15) is 26.3 Å². The van der Waals surface area contributed by atoms with Crippen LogP contribution in [0.2, 0.25) is 0 Å². The second-order valence-corrected chi connectivity index (χ2v) is 6.74. The molecule has 0 spiro atoms. The van der Waals surface area contributed by atoms with E-state index in [1.54, 1.807) is 44.2 Å². The van der Waals surface area contributed by atoms with Gasteiger partial charge in [0.1, 0.15) is 0 Å². The van der Waals surface area contributed by atoms with Gasteiger partial charge >= 0.3 is 5.97 Å². The molecule has 1 unspecified atom stereocenters. The third-order valence-electron chi connectivity index (χ3n) is 3.22. The second-order valence-electron chi connectivity index (χ2n) is 5.01. The van der Waals surface area contributed by atoms with E-state index in [1.807, 2.05) is 0 Å². The minimum absolute atomic E-state index is 0.277. The molecule has 0 aliphatic carbocycles. The van der Waals surface area contributed by atoms with Crippen molar-refractivity contribution in [3.63, 3.8) is 0 Å². The molecule has 0 aliphatic rings. The van der Waals surface area contributed by atoms with Crippen molar-refractivity contribution in [2.75, 3.05) is 7.05 Å². The van der Waals surface area contributed by atoms with E-state index in [0.29, 0.717) is 5.56 Å². The summed E-state index contributed by atoms with van der Waals surface area (Å²) in [5.41, 5.74) is -1.35. The zero-order valence-corrected chi connectivity index (χ0v) is 12.8. The lowest BCUT2D eigenvalue weighted by molar-refractivity contribution is -0.143. The van der Waals surface area contributed by atoms with Crippen molar-refractivity contribution in [1.29, 1.82) is 0 Å². The molecule has 1 aromatic carbocycles. The monoisotopic (exact) mass is 300 g/mol. The van der Waals surface area contributed by atoms with Crippen LogP contribution in [0, 0.1) is 0 Å². The fourth-order valence-corrected chi connectivity index (χ4v) is 3.03. The molecule has 20 heavy (non-hydrogen) atoms. The highest BCUT2D eigenvalue weighted by Gasteiger charge is 2.40. The molecule has 0 aromatic heterocycles. The van der Waals surface area contributed by atoms with Crippen LogP contribution in [0.25, 0.3) is 0 Å². The molecule has 0 aliphatic heterocycles. The zero-order valence-electron chi connectivity index (χ0n) is 12.0. The Morgan fingerprint density at radius 1 is 1.30 bits per heavy atom. The Morgan fingerprint density at radius 3 is 2.20 bits per heavy atom. The van der Waals surface area contributed by atoms with Crippen molar-refractivity contribution in [2.45, 2.75) is 32.4 Å². The van der Waals surface area contributed by atoms with E-state index in [9.17, 15) is 18.3 Å². The number of rotatable bonds is 6. The van der Waals surface area contributed by atoms with E-state index in [2.05, 4.69) is 4.72 Å². The van der Waals surface area contributed by atoms with Crippen LogP contribution < -0.4 is 4.72 Å². The number of carbonyl (C=O) groups is 1. The second kappa shape index (κ2) is 5.90. The summed E-state index contributed by atoms with van der Waals surface area (Å²) >= 11 is 0.